The molecule has 3 rings (SSSR count). The van der Waals surface area contributed by atoms with E-state index in [2.05, 4.69) is 48.3 Å². The second kappa shape index (κ2) is 10.2. The van der Waals surface area contributed by atoms with E-state index in [0.717, 1.165) is 43.0 Å². The molecule has 0 bridgehead atoms. The lowest BCUT2D eigenvalue weighted by Gasteiger charge is -2.19. The molecule has 2 N–H and O–H groups in total. The van der Waals surface area contributed by atoms with Crippen LogP contribution in [0.2, 0.25) is 0 Å². The summed E-state index contributed by atoms with van der Waals surface area (Å²) >= 11 is 0. The Bertz CT molecular complexity index is 1040. The molecule has 0 atom stereocenters. The van der Waals surface area contributed by atoms with Crippen LogP contribution in [0.1, 0.15) is 63.6 Å². The molecule has 7 heteroatoms. The van der Waals surface area contributed by atoms with Gasteiger partial charge in [0.1, 0.15) is 11.4 Å². The van der Waals surface area contributed by atoms with Gasteiger partial charge >= 0.3 is 6.18 Å². The lowest BCUT2D eigenvalue weighted by Crippen LogP contribution is -2.13. The summed E-state index contributed by atoms with van der Waals surface area (Å²) in [6.07, 6.45) is 0.585. The van der Waals surface area contributed by atoms with Crippen molar-refractivity contribution in [2.24, 2.45) is 0 Å². The highest BCUT2D eigenvalue weighted by molar-refractivity contribution is 5.63. The van der Waals surface area contributed by atoms with Crippen LogP contribution in [0.15, 0.2) is 54.7 Å². The molecule has 0 aliphatic heterocycles. The first-order valence-corrected chi connectivity index (χ1v) is 11.2. The van der Waals surface area contributed by atoms with Gasteiger partial charge in [0.15, 0.2) is 0 Å². The Balaban J connectivity index is 1.80. The van der Waals surface area contributed by atoms with Gasteiger partial charge < -0.3 is 10.6 Å². The normalized spacial score (nSPS) is 12.0. The first-order chi connectivity index (χ1) is 15.6. The summed E-state index contributed by atoms with van der Waals surface area (Å²) in [5.41, 5.74) is 2.65. The number of hydrogen-bond acceptors (Lipinski definition) is 4. The van der Waals surface area contributed by atoms with Crippen LogP contribution in [0.3, 0.4) is 0 Å². The minimum atomic E-state index is -4.57. The number of hydrogen-bond donors (Lipinski definition) is 2. The molecule has 2 aromatic carbocycles. The third-order valence-corrected chi connectivity index (χ3v) is 5.39. The van der Waals surface area contributed by atoms with Gasteiger partial charge in [-0.25, -0.2) is 4.98 Å². The van der Waals surface area contributed by atoms with E-state index in [1.54, 1.807) is 12.1 Å². The zero-order valence-corrected chi connectivity index (χ0v) is 19.6. The number of unbranched alkanes of at least 4 members (excludes halogenated alkanes) is 2. The summed E-state index contributed by atoms with van der Waals surface area (Å²) in [5, 5.41) is 5.81. The molecule has 4 nitrogen and oxygen atoms in total. The smallest absolute Gasteiger partial charge is 0.340 e. The number of nitrogens with zero attached hydrogens (tertiary/aromatic N) is 2. The number of benzene rings is 2. The lowest BCUT2D eigenvalue weighted by atomic mass is 9.87. The van der Waals surface area contributed by atoms with E-state index < -0.39 is 11.7 Å². The Labute approximate surface area is 193 Å². The Hall–Kier alpha value is -3.09. The van der Waals surface area contributed by atoms with Crippen molar-refractivity contribution in [2.75, 3.05) is 10.6 Å². The topological polar surface area (TPSA) is 49.8 Å². The molecule has 0 aliphatic carbocycles. The molecule has 3 aromatic rings. The molecular formula is C26H31F3N4. The summed E-state index contributed by atoms with van der Waals surface area (Å²) in [4.78, 5) is 8.02. The third kappa shape index (κ3) is 6.94. The van der Waals surface area contributed by atoms with Gasteiger partial charge in [-0.2, -0.15) is 18.2 Å². The lowest BCUT2D eigenvalue weighted by molar-refractivity contribution is -0.137. The van der Waals surface area contributed by atoms with Gasteiger partial charge in [0.2, 0.25) is 5.95 Å². The fraction of sp³-hybridized carbons (Fsp3) is 0.385. The molecule has 0 unspecified atom stereocenters. The average Bonchev–Trinajstić information content (AvgIpc) is 2.74. The minimum absolute atomic E-state index is 0.00598. The minimum Gasteiger partial charge on any atom is -0.340 e. The monoisotopic (exact) mass is 456 g/mol. The molecule has 0 amide bonds. The molecule has 0 saturated carbocycles. The van der Waals surface area contributed by atoms with E-state index in [1.165, 1.54) is 0 Å². The second-order valence-electron chi connectivity index (χ2n) is 9.19. The van der Waals surface area contributed by atoms with Crippen LogP contribution in [-0.2, 0) is 18.0 Å². The van der Waals surface area contributed by atoms with Crippen LogP contribution >= 0.6 is 0 Å². The summed E-state index contributed by atoms with van der Waals surface area (Å²) in [6, 6.07) is 15.1. The van der Waals surface area contributed by atoms with Crippen LogP contribution in [0, 0.1) is 0 Å². The molecule has 0 aliphatic rings. The first kappa shape index (κ1) is 24.6. The Morgan fingerprint density at radius 1 is 0.818 bits per heavy atom. The molecule has 0 spiro atoms. The average molecular weight is 457 g/mol. The zero-order valence-electron chi connectivity index (χ0n) is 19.6. The van der Waals surface area contributed by atoms with Crippen LogP contribution < -0.4 is 10.6 Å². The highest BCUT2D eigenvalue weighted by Gasteiger charge is 2.35. The fourth-order valence-electron chi connectivity index (χ4n) is 3.40. The van der Waals surface area contributed by atoms with Crippen molar-refractivity contribution in [1.82, 2.24) is 9.97 Å². The first-order valence-electron chi connectivity index (χ1n) is 11.2. The SMILES string of the molecule is CCCCCc1ccc(Nc2nc(Nc3ccc(C(C)(C)C)cc3)ncc2C(F)(F)F)cc1. The quantitative estimate of drug-likeness (QED) is 0.337. The number of anilines is 4. The summed E-state index contributed by atoms with van der Waals surface area (Å²) in [7, 11) is 0. The highest BCUT2D eigenvalue weighted by Crippen LogP contribution is 2.35. The predicted octanol–water partition coefficient (Wildman–Crippen LogP) is 8.01. The largest absolute Gasteiger partial charge is 0.421 e. The molecule has 33 heavy (non-hydrogen) atoms. The van der Waals surface area contributed by atoms with Gasteiger partial charge in [0.05, 0.1) is 0 Å². The molecule has 0 radical (unpaired) electrons. The molecular weight excluding hydrogens is 425 g/mol. The molecule has 0 fully saturated rings. The zero-order chi connectivity index (χ0) is 24.1. The standard InChI is InChI=1S/C26H31F3N4/c1-5-6-7-8-18-9-13-20(14-10-18)31-23-22(26(27,28)29)17-30-24(33-23)32-21-15-11-19(12-16-21)25(2,3)4/h9-17H,5-8H2,1-4H3,(H2,30,31,32,33). The van der Waals surface area contributed by atoms with Crippen molar-refractivity contribution in [2.45, 2.75) is 65.0 Å². The number of alkyl halides is 3. The highest BCUT2D eigenvalue weighted by atomic mass is 19.4. The Kier molecular flexibility index (Phi) is 7.61. The van der Waals surface area contributed by atoms with Crippen LogP contribution in [-0.4, -0.2) is 9.97 Å². The van der Waals surface area contributed by atoms with Gasteiger partial charge in [-0.1, -0.05) is 64.8 Å². The van der Waals surface area contributed by atoms with Crippen molar-refractivity contribution in [1.29, 1.82) is 0 Å². The number of aryl methyl sites for hydroxylation is 1. The van der Waals surface area contributed by atoms with Crippen molar-refractivity contribution >= 4 is 23.1 Å². The summed E-state index contributed by atoms with van der Waals surface area (Å²) in [5.74, 6) is -0.199. The van der Waals surface area contributed by atoms with Crippen molar-refractivity contribution < 1.29 is 13.2 Å². The van der Waals surface area contributed by atoms with Crippen LogP contribution in [0.25, 0.3) is 0 Å². The molecule has 1 heterocycles. The van der Waals surface area contributed by atoms with Gasteiger partial charge in [-0.15, -0.1) is 0 Å². The molecule has 0 saturated heterocycles. The van der Waals surface area contributed by atoms with Crippen LogP contribution in [0.4, 0.5) is 36.3 Å². The van der Waals surface area contributed by atoms with Gasteiger partial charge in [-0.3, -0.25) is 0 Å². The maximum atomic E-state index is 13.6. The van der Waals surface area contributed by atoms with E-state index in [9.17, 15) is 13.2 Å². The van der Waals surface area contributed by atoms with Crippen molar-refractivity contribution in [3.05, 3.63) is 71.4 Å². The number of rotatable bonds is 8. The molecule has 176 valence electrons. The van der Waals surface area contributed by atoms with Gasteiger partial charge in [-0.05, 0) is 53.6 Å². The Morgan fingerprint density at radius 2 is 1.42 bits per heavy atom. The van der Waals surface area contributed by atoms with Crippen LogP contribution in [0.5, 0.6) is 0 Å². The maximum Gasteiger partial charge on any atom is 0.421 e. The van der Waals surface area contributed by atoms with Gasteiger partial charge in [0, 0.05) is 17.6 Å². The number of halogens is 3. The second-order valence-corrected chi connectivity index (χ2v) is 9.19. The van der Waals surface area contributed by atoms with E-state index in [1.807, 2.05) is 36.4 Å². The van der Waals surface area contributed by atoms with Crippen molar-refractivity contribution in [3.63, 3.8) is 0 Å². The van der Waals surface area contributed by atoms with E-state index in [-0.39, 0.29) is 17.2 Å². The predicted molar refractivity (Wildman–Crippen MR) is 128 cm³/mol. The third-order valence-electron chi connectivity index (χ3n) is 5.39. The Morgan fingerprint density at radius 3 is 2.00 bits per heavy atom. The van der Waals surface area contributed by atoms with Crippen molar-refractivity contribution in [3.8, 4) is 0 Å². The van der Waals surface area contributed by atoms with E-state index >= 15 is 0 Å². The van der Waals surface area contributed by atoms with E-state index in [0.29, 0.717) is 11.4 Å². The summed E-state index contributed by atoms with van der Waals surface area (Å²) in [6.45, 7) is 8.50. The molecule has 1 aromatic heterocycles. The van der Waals surface area contributed by atoms with Gasteiger partial charge in [0.25, 0.3) is 0 Å². The number of aromatic nitrogens is 2. The fourth-order valence-corrected chi connectivity index (χ4v) is 3.40. The maximum absolute atomic E-state index is 13.6. The van der Waals surface area contributed by atoms with E-state index in [4.69, 9.17) is 0 Å². The number of nitrogens with one attached hydrogen (secondary N) is 2. The summed E-state index contributed by atoms with van der Waals surface area (Å²) < 4.78 is 40.7.